The fraction of sp³-hybridized carbons (Fsp3) is 0.600. The SMILES string of the molecule is O=C(CCl)c1csc(C2CCNCC2)n1. The molecule has 1 aromatic rings. The number of alkyl halides is 1. The molecule has 0 aromatic carbocycles. The molecular formula is C10H13ClN2OS. The molecule has 1 fully saturated rings. The third-order valence-corrected chi connectivity index (χ3v) is 3.87. The summed E-state index contributed by atoms with van der Waals surface area (Å²) >= 11 is 7.07. The average molecular weight is 245 g/mol. The lowest BCUT2D eigenvalue weighted by Gasteiger charge is -2.20. The van der Waals surface area contributed by atoms with E-state index in [4.69, 9.17) is 11.6 Å². The standard InChI is InChI=1S/C10H13ClN2OS/c11-5-9(14)8-6-15-10(13-8)7-1-3-12-4-2-7/h6-7,12H,1-5H2. The predicted molar refractivity (Wildman–Crippen MR) is 62.0 cm³/mol. The van der Waals surface area contributed by atoms with Crippen LogP contribution in [-0.4, -0.2) is 29.7 Å². The molecular weight excluding hydrogens is 232 g/mol. The highest BCUT2D eigenvalue weighted by molar-refractivity contribution is 7.10. The van der Waals surface area contributed by atoms with Crippen LogP contribution in [-0.2, 0) is 0 Å². The molecule has 0 radical (unpaired) electrons. The van der Waals surface area contributed by atoms with Crippen molar-refractivity contribution in [2.45, 2.75) is 18.8 Å². The highest BCUT2D eigenvalue weighted by Crippen LogP contribution is 2.27. The molecule has 1 aromatic heterocycles. The van der Waals surface area contributed by atoms with Gasteiger partial charge in [-0.25, -0.2) is 4.98 Å². The lowest BCUT2D eigenvalue weighted by molar-refractivity contribution is 0.101. The van der Waals surface area contributed by atoms with Gasteiger partial charge in [-0.2, -0.15) is 0 Å². The van der Waals surface area contributed by atoms with Crippen LogP contribution in [0.2, 0.25) is 0 Å². The first-order valence-electron chi connectivity index (χ1n) is 5.06. The van der Waals surface area contributed by atoms with E-state index < -0.39 is 0 Å². The van der Waals surface area contributed by atoms with Crippen molar-refractivity contribution in [3.8, 4) is 0 Å². The molecule has 0 bridgehead atoms. The van der Waals surface area contributed by atoms with Gasteiger partial charge in [-0.1, -0.05) is 0 Å². The number of thiazole rings is 1. The number of hydrogen-bond donors (Lipinski definition) is 1. The molecule has 1 N–H and O–H groups in total. The number of nitrogens with zero attached hydrogens (tertiary/aromatic N) is 1. The summed E-state index contributed by atoms with van der Waals surface area (Å²) in [7, 11) is 0. The summed E-state index contributed by atoms with van der Waals surface area (Å²) in [6.45, 7) is 2.09. The number of carbonyl (C=O) groups excluding carboxylic acids is 1. The maximum atomic E-state index is 11.3. The van der Waals surface area contributed by atoms with Crippen molar-refractivity contribution in [3.05, 3.63) is 16.1 Å². The molecule has 0 atom stereocenters. The van der Waals surface area contributed by atoms with Crippen molar-refractivity contribution in [2.24, 2.45) is 0 Å². The summed E-state index contributed by atoms with van der Waals surface area (Å²) in [5.41, 5.74) is 0.531. The Morgan fingerprint density at radius 3 is 3.00 bits per heavy atom. The van der Waals surface area contributed by atoms with E-state index in [1.165, 1.54) is 0 Å². The number of ketones is 1. The minimum atomic E-state index is -0.0758. The maximum absolute atomic E-state index is 11.3. The number of Topliss-reactive ketones (excluding diaryl/α,β-unsaturated/α-hetero) is 1. The molecule has 0 spiro atoms. The van der Waals surface area contributed by atoms with E-state index >= 15 is 0 Å². The third-order valence-electron chi connectivity index (χ3n) is 2.62. The minimum absolute atomic E-state index is 0.0232. The Bertz CT molecular complexity index is 347. The van der Waals surface area contributed by atoms with E-state index in [0.717, 1.165) is 30.9 Å². The normalized spacial score (nSPS) is 17.9. The van der Waals surface area contributed by atoms with Crippen molar-refractivity contribution in [3.63, 3.8) is 0 Å². The lowest BCUT2D eigenvalue weighted by atomic mass is 9.99. The number of hydrogen-bond acceptors (Lipinski definition) is 4. The Balaban J connectivity index is 2.08. The molecule has 1 saturated heterocycles. The number of carbonyl (C=O) groups is 1. The molecule has 0 saturated carbocycles. The highest BCUT2D eigenvalue weighted by atomic mass is 35.5. The summed E-state index contributed by atoms with van der Waals surface area (Å²) in [4.78, 5) is 15.7. The molecule has 1 aliphatic rings. The number of rotatable bonds is 3. The van der Waals surface area contributed by atoms with Gasteiger partial charge in [0.1, 0.15) is 5.69 Å². The summed E-state index contributed by atoms with van der Waals surface area (Å²) in [6, 6.07) is 0. The van der Waals surface area contributed by atoms with Gasteiger partial charge in [0.05, 0.1) is 10.9 Å². The van der Waals surface area contributed by atoms with Gasteiger partial charge in [0.25, 0.3) is 0 Å². The fourth-order valence-corrected chi connectivity index (χ4v) is 2.87. The predicted octanol–water partition coefficient (Wildman–Crippen LogP) is 2.03. The van der Waals surface area contributed by atoms with Crippen LogP contribution < -0.4 is 5.32 Å². The van der Waals surface area contributed by atoms with Crippen LogP contribution in [0.1, 0.15) is 34.3 Å². The van der Waals surface area contributed by atoms with Crippen LogP contribution in [0.15, 0.2) is 5.38 Å². The van der Waals surface area contributed by atoms with Crippen LogP contribution in [0.5, 0.6) is 0 Å². The van der Waals surface area contributed by atoms with Gasteiger partial charge in [-0.15, -0.1) is 22.9 Å². The zero-order chi connectivity index (χ0) is 10.7. The van der Waals surface area contributed by atoms with Crippen LogP contribution in [0.25, 0.3) is 0 Å². The smallest absolute Gasteiger partial charge is 0.196 e. The third kappa shape index (κ3) is 2.56. The van der Waals surface area contributed by atoms with Crippen molar-refractivity contribution in [2.75, 3.05) is 19.0 Å². The van der Waals surface area contributed by atoms with Gasteiger partial charge in [-0.05, 0) is 25.9 Å². The van der Waals surface area contributed by atoms with Crippen molar-refractivity contribution in [1.82, 2.24) is 10.3 Å². The summed E-state index contributed by atoms with van der Waals surface area (Å²) in [5.74, 6) is 0.469. The van der Waals surface area contributed by atoms with Gasteiger partial charge in [0.15, 0.2) is 5.78 Å². The van der Waals surface area contributed by atoms with E-state index in [2.05, 4.69) is 10.3 Å². The zero-order valence-electron chi connectivity index (χ0n) is 8.33. The second-order valence-electron chi connectivity index (χ2n) is 3.65. The number of halogens is 1. The Kier molecular flexibility index (Phi) is 3.72. The number of aromatic nitrogens is 1. The van der Waals surface area contributed by atoms with Gasteiger partial charge < -0.3 is 5.32 Å². The number of piperidine rings is 1. The first kappa shape index (κ1) is 11.0. The number of nitrogens with one attached hydrogen (secondary N) is 1. The topological polar surface area (TPSA) is 42.0 Å². The molecule has 82 valence electrons. The first-order chi connectivity index (χ1) is 7.31. The first-order valence-corrected chi connectivity index (χ1v) is 6.48. The van der Waals surface area contributed by atoms with Gasteiger partial charge in [0.2, 0.25) is 0 Å². The van der Waals surface area contributed by atoms with Gasteiger partial charge in [0, 0.05) is 11.3 Å². The van der Waals surface area contributed by atoms with E-state index in [0.29, 0.717) is 11.6 Å². The van der Waals surface area contributed by atoms with E-state index in [9.17, 15) is 4.79 Å². The summed E-state index contributed by atoms with van der Waals surface area (Å²) in [5, 5.41) is 6.22. The summed E-state index contributed by atoms with van der Waals surface area (Å²) in [6.07, 6.45) is 2.23. The molecule has 15 heavy (non-hydrogen) atoms. The molecule has 5 heteroatoms. The molecule has 0 unspecified atom stereocenters. The van der Waals surface area contributed by atoms with Gasteiger partial charge >= 0.3 is 0 Å². The highest BCUT2D eigenvalue weighted by Gasteiger charge is 2.19. The molecule has 3 nitrogen and oxygen atoms in total. The average Bonchev–Trinajstić information content (AvgIpc) is 2.78. The second kappa shape index (κ2) is 5.05. The Morgan fingerprint density at radius 1 is 1.60 bits per heavy atom. The summed E-state index contributed by atoms with van der Waals surface area (Å²) < 4.78 is 0. The molecule has 1 aliphatic heterocycles. The zero-order valence-corrected chi connectivity index (χ0v) is 9.90. The largest absolute Gasteiger partial charge is 0.317 e. The van der Waals surface area contributed by atoms with E-state index in [1.54, 1.807) is 11.3 Å². The molecule has 0 amide bonds. The van der Waals surface area contributed by atoms with Crippen LogP contribution >= 0.6 is 22.9 Å². The molecule has 2 rings (SSSR count). The Hall–Kier alpha value is -0.450. The molecule has 0 aliphatic carbocycles. The van der Waals surface area contributed by atoms with Crippen molar-refractivity contribution < 1.29 is 4.79 Å². The van der Waals surface area contributed by atoms with Crippen LogP contribution in [0.4, 0.5) is 0 Å². The lowest BCUT2D eigenvalue weighted by Crippen LogP contribution is -2.26. The van der Waals surface area contributed by atoms with E-state index in [1.807, 2.05) is 5.38 Å². The van der Waals surface area contributed by atoms with Crippen molar-refractivity contribution >= 4 is 28.7 Å². The van der Waals surface area contributed by atoms with E-state index in [-0.39, 0.29) is 11.7 Å². The molecule has 2 heterocycles. The monoisotopic (exact) mass is 244 g/mol. The Labute approximate surface area is 97.9 Å². The van der Waals surface area contributed by atoms with Crippen LogP contribution in [0.3, 0.4) is 0 Å². The van der Waals surface area contributed by atoms with Crippen LogP contribution in [0, 0.1) is 0 Å². The van der Waals surface area contributed by atoms with Gasteiger partial charge in [-0.3, -0.25) is 4.79 Å². The maximum Gasteiger partial charge on any atom is 0.196 e. The van der Waals surface area contributed by atoms with Crippen molar-refractivity contribution in [1.29, 1.82) is 0 Å². The quantitative estimate of drug-likeness (QED) is 0.654. The fourth-order valence-electron chi connectivity index (χ4n) is 1.74. The minimum Gasteiger partial charge on any atom is -0.317 e. The Morgan fingerprint density at radius 2 is 2.33 bits per heavy atom. The second-order valence-corrected chi connectivity index (χ2v) is 4.81.